The van der Waals surface area contributed by atoms with Gasteiger partial charge in [-0.25, -0.2) is 9.97 Å². The van der Waals surface area contributed by atoms with Crippen LogP contribution in [-0.2, 0) is 0 Å². The van der Waals surface area contributed by atoms with Gasteiger partial charge in [-0.15, -0.1) is 0 Å². The lowest BCUT2D eigenvalue weighted by molar-refractivity contribution is 0.664. The zero-order valence-electron chi connectivity index (χ0n) is 9.40. The molecule has 2 heterocycles. The molecule has 3 nitrogen and oxygen atoms in total. The maximum atomic E-state index is 4.63. The Balaban J connectivity index is 1.76. The van der Waals surface area contributed by atoms with Crippen molar-refractivity contribution in [3.05, 3.63) is 23.7 Å². The van der Waals surface area contributed by atoms with E-state index in [1.54, 1.807) is 0 Å². The molecule has 0 bridgehead atoms. The van der Waals surface area contributed by atoms with Crippen LogP contribution in [0, 0.1) is 18.8 Å². The fraction of sp³-hybridized carbons (Fsp3) is 0.538. The highest BCUT2D eigenvalue weighted by atomic mass is 15.0. The summed E-state index contributed by atoms with van der Waals surface area (Å²) < 4.78 is 0. The van der Waals surface area contributed by atoms with Gasteiger partial charge in [0, 0.05) is 12.1 Å². The molecule has 0 spiro atoms. The number of hydrogen-bond acceptors (Lipinski definition) is 2. The summed E-state index contributed by atoms with van der Waals surface area (Å²) in [6.45, 7) is 2.07. The number of nitrogens with zero attached hydrogens (tertiary/aromatic N) is 2. The van der Waals surface area contributed by atoms with Crippen LogP contribution >= 0.6 is 0 Å². The summed E-state index contributed by atoms with van der Waals surface area (Å²) in [4.78, 5) is 12.4. The molecule has 1 N–H and O–H groups in total. The molecule has 2 aliphatic rings. The van der Waals surface area contributed by atoms with E-state index in [1.807, 2.05) is 6.20 Å². The maximum Gasteiger partial charge on any atom is 0.177 e. The molecule has 2 aromatic rings. The highest BCUT2D eigenvalue weighted by Crippen LogP contribution is 2.62. The second-order valence-corrected chi connectivity index (χ2v) is 5.29. The van der Waals surface area contributed by atoms with Crippen molar-refractivity contribution in [2.45, 2.75) is 32.1 Å². The summed E-state index contributed by atoms with van der Waals surface area (Å²) in [5, 5.41) is 0. The van der Waals surface area contributed by atoms with Gasteiger partial charge in [-0.3, -0.25) is 0 Å². The molecule has 0 aliphatic heterocycles. The Hall–Kier alpha value is -1.38. The van der Waals surface area contributed by atoms with E-state index < -0.39 is 0 Å². The number of aryl methyl sites for hydroxylation is 1. The predicted octanol–water partition coefficient (Wildman–Crippen LogP) is 2.78. The van der Waals surface area contributed by atoms with Crippen LogP contribution in [0.4, 0.5) is 0 Å². The van der Waals surface area contributed by atoms with Gasteiger partial charge in [-0.2, -0.15) is 0 Å². The van der Waals surface area contributed by atoms with Gasteiger partial charge in [-0.05, 0) is 43.2 Å². The molecule has 0 aromatic carbocycles. The molecule has 0 amide bonds. The standard InChI is InChI=1S/C13H15N3/c1-7-5-10-12(14-6-7)16-13(15-10)11-8-3-2-4-9(8)11/h5-6,8-9,11H,2-4H2,1H3,(H,14,15,16). The fourth-order valence-electron chi connectivity index (χ4n) is 3.41. The first-order valence-electron chi connectivity index (χ1n) is 6.15. The van der Waals surface area contributed by atoms with Gasteiger partial charge in [0.25, 0.3) is 0 Å². The van der Waals surface area contributed by atoms with Crippen molar-refractivity contribution in [1.82, 2.24) is 15.0 Å². The molecule has 0 saturated heterocycles. The highest BCUT2D eigenvalue weighted by molar-refractivity contribution is 5.71. The van der Waals surface area contributed by atoms with E-state index in [-0.39, 0.29) is 0 Å². The Morgan fingerprint density at radius 1 is 1.31 bits per heavy atom. The number of imidazole rings is 1. The number of pyridine rings is 1. The molecule has 0 radical (unpaired) electrons. The van der Waals surface area contributed by atoms with E-state index in [2.05, 4.69) is 27.9 Å². The van der Waals surface area contributed by atoms with Crippen molar-refractivity contribution in [1.29, 1.82) is 0 Å². The molecular weight excluding hydrogens is 198 g/mol. The number of hydrogen-bond donors (Lipinski definition) is 1. The molecule has 2 aliphatic carbocycles. The Bertz CT molecular complexity index is 547. The van der Waals surface area contributed by atoms with Gasteiger partial charge in [0.15, 0.2) is 5.65 Å². The Labute approximate surface area is 94.3 Å². The van der Waals surface area contributed by atoms with Gasteiger partial charge in [-0.1, -0.05) is 6.42 Å². The second-order valence-electron chi connectivity index (χ2n) is 5.29. The summed E-state index contributed by atoms with van der Waals surface area (Å²) in [7, 11) is 0. The van der Waals surface area contributed by atoms with Crippen molar-refractivity contribution in [2.75, 3.05) is 0 Å². The lowest BCUT2D eigenvalue weighted by Gasteiger charge is -1.97. The minimum atomic E-state index is 0.711. The van der Waals surface area contributed by atoms with E-state index in [4.69, 9.17) is 0 Å². The summed E-state index contributed by atoms with van der Waals surface area (Å²) in [6.07, 6.45) is 6.11. The van der Waals surface area contributed by atoms with E-state index in [0.717, 1.165) is 23.0 Å². The zero-order chi connectivity index (χ0) is 10.7. The van der Waals surface area contributed by atoms with Gasteiger partial charge >= 0.3 is 0 Å². The van der Waals surface area contributed by atoms with Crippen molar-refractivity contribution in [2.24, 2.45) is 11.8 Å². The molecule has 2 fully saturated rings. The molecule has 16 heavy (non-hydrogen) atoms. The number of rotatable bonds is 1. The van der Waals surface area contributed by atoms with Crippen molar-refractivity contribution >= 4 is 11.2 Å². The third-order valence-corrected chi connectivity index (χ3v) is 4.21. The average molecular weight is 213 g/mol. The number of nitrogens with one attached hydrogen (secondary N) is 1. The molecule has 3 heteroatoms. The van der Waals surface area contributed by atoms with Crippen LogP contribution in [0.5, 0.6) is 0 Å². The van der Waals surface area contributed by atoms with Crippen LogP contribution in [0.1, 0.15) is 36.6 Å². The summed E-state index contributed by atoms with van der Waals surface area (Å²) >= 11 is 0. The molecule has 2 saturated carbocycles. The van der Waals surface area contributed by atoms with E-state index in [0.29, 0.717) is 5.92 Å². The van der Waals surface area contributed by atoms with Gasteiger partial charge in [0.1, 0.15) is 5.82 Å². The third kappa shape index (κ3) is 1.09. The SMILES string of the molecule is Cc1cnc2nc(C3C4CCCC43)[nH]c2c1. The molecule has 4 rings (SSSR count). The molecule has 82 valence electrons. The first-order chi connectivity index (χ1) is 7.83. The van der Waals surface area contributed by atoms with E-state index in [9.17, 15) is 0 Å². The fourth-order valence-corrected chi connectivity index (χ4v) is 3.41. The Morgan fingerprint density at radius 2 is 2.12 bits per heavy atom. The van der Waals surface area contributed by atoms with Crippen LogP contribution in [0.25, 0.3) is 11.2 Å². The summed E-state index contributed by atoms with van der Waals surface area (Å²) in [5.41, 5.74) is 3.17. The van der Waals surface area contributed by atoms with Gasteiger partial charge < -0.3 is 4.98 Å². The lowest BCUT2D eigenvalue weighted by atomic mass is 10.1. The normalized spacial score (nSPS) is 31.9. The van der Waals surface area contributed by atoms with Crippen LogP contribution in [-0.4, -0.2) is 15.0 Å². The predicted molar refractivity (Wildman–Crippen MR) is 62.2 cm³/mol. The minimum Gasteiger partial charge on any atom is -0.340 e. The van der Waals surface area contributed by atoms with Crippen LogP contribution in [0.3, 0.4) is 0 Å². The number of fused-ring (bicyclic) bond motifs is 2. The maximum absolute atomic E-state index is 4.63. The Morgan fingerprint density at radius 3 is 2.94 bits per heavy atom. The number of aromatic nitrogens is 3. The Kier molecular flexibility index (Phi) is 1.55. The van der Waals surface area contributed by atoms with E-state index >= 15 is 0 Å². The zero-order valence-corrected chi connectivity index (χ0v) is 9.40. The minimum absolute atomic E-state index is 0.711. The second kappa shape index (κ2) is 2.84. The van der Waals surface area contributed by atoms with Crippen molar-refractivity contribution in [3.63, 3.8) is 0 Å². The molecular formula is C13H15N3. The topological polar surface area (TPSA) is 41.6 Å². The van der Waals surface area contributed by atoms with Crippen molar-refractivity contribution in [3.8, 4) is 0 Å². The first-order valence-corrected chi connectivity index (χ1v) is 6.15. The summed E-state index contributed by atoms with van der Waals surface area (Å²) in [5.74, 6) is 3.73. The van der Waals surface area contributed by atoms with Crippen LogP contribution < -0.4 is 0 Å². The van der Waals surface area contributed by atoms with Crippen LogP contribution in [0.15, 0.2) is 12.3 Å². The van der Waals surface area contributed by atoms with Gasteiger partial charge in [0.2, 0.25) is 0 Å². The summed E-state index contributed by atoms with van der Waals surface area (Å²) in [6, 6.07) is 2.14. The number of H-pyrrole nitrogens is 1. The first kappa shape index (κ1) is 8.74. The monoisotopic (exact) mass is 213 g/mol. The average Bonchev–Trinajstić information content (AvgIpc) is 2.68. The molecule has 2 atom stereocenters. The van der Waals surface area contributed by atoms with E-state index in [1.165, 1.54) is 30.7 Å². The molecule has 2 unspecified atom stereocenters. The van der Waals surface area contributed by atoms with Gasteiger partial charge in [0.05, 0.1) is 5.52 Å². The van der Waals surface area contributed by atoms with Crippen LogP contribution in [0.2, 0.25) is 0 Å². The third-order valence-electron chi connectivity index (χ3n) is 4.21. The quantitative estimate of drug-likeness (QED) is 0.791. The lowest BCUT2D eigenvalue weighted by Crippen LogP contribution is -1.89. The highest BCUT2D eigenvalue weighted by Gasteiger charge is 2.54. The largest absolute Gasteiger partial charge is 0.340 e. The van der Waals surface area contributed by atoms with Crippen molar-refractivity contribution < 1.29 is 0 Å². The smallest absolute Gasteiger partial charge is 0.177 e. The number of aromatic amines is 1. The molecule has 2 aromatic heterocycles.